The Kier molecular flexibility index (Phi) is 3.49. The number of carbonyl (C=O) groups excluding carboxylic acids is 1. The van der Waals surface area contributed by atoms with Gasteiger partial charge in [-0.25, -0.2) is 4.79 Å². The first-order chi connectivity index (χ1) is 12.0. The molecule has 0 radical (unpaired) electrons. The second kappa shape index (κ2) is 5.70. The van der Waals surface area contributed by atoms with Crippen LogP contribution >= 0.6 is 0 Å². The number of nitrogens with one attached hydrogen (secondary N) is 1. The standard InChI is InChI=1S/C18H17N3O4/c1-20-12-8-7-11(9-13(12)21(2)18(20)23)19-17(22)16-10-24-14-5-3-4-6-15(14)25-16/h3-9,16H,10H2,1-2H3,(H,19,22)/t16-/m1/s1. The summed E-state index contributed by atoms with van der Waals surface area (Å²) in [4.78, 5) is 24.5. The zero-order chi connectivity index (χ0) is 17.6. The number of para-hydroxylation sites is 2. The van der Waals surface area contributed by atoms with E-state index in [0.717, 1.165) is 11.0 Å². The third-order valence-corrected chi connectivity index (χ3v) is 4.34. The first-order valence-electron chi connectivity index (χ1n) is 7.89. The van der Waals surface area contributed by atoms with E-state index in [-0.39, 0.29) is 18.2 Å². The fourth-order valence-electron chi connectivity index (χ4n) is 2.96. The third-order valence-electron chi connectivity index (χ3n) is 4.34. The van der Waals surface area contributed by atoms with Gasteiger partial charge >= 0.3 is 5.69 Å². The van der Waals surface area contributed by atoms with Crippen LogP contribution in [0.3, 0.4) is 0 Å². The molecule has 2 heterocycles. The van der Waals surface area contributed by atoms with Gasteiger partial charge < -0.3 is 14.8 Å². The van der Waals surface area contributed by atoms with Crippen molar-refractivity contribution < 1.29 is 14.3 Å². The average Bonchev–Trinajstić information content (AvgIpc) is 2.85. The Morgan fingerprint density at radius 2 is 1.80 bits per heavy atom. The van der Waals surface area contributed by atoms with E-state index in [2.05, 4.69) is 5.32 Å². The Morgan fingerprint density at radius 3 is 2.60 bits per heavy atom. The van der Waals surface area contributed by atoms with Gasteiger partial charge in [0.1, 0.15) is 6.61 Å². The van der Waals surface area contributed by atoms with Gasteiger partial charge in [0.05, 0.1) is 11.0 Å². The van der Waals surface area contributed by atoms with E-state index in [0.29, 0.717) is 17.2 Å². The van der Waals surface area contributed by atoms with Crippen molar-refractivity contribution in [1.82, 2.24) is 9.13 Å². The first-order valence-corrected chi connectivity index (χ1v) is 7.89. The summed E-state index contributed by atoms with van der Waals surface area (Å²) in [6.45, 7) is 0.148. The molecule has 1 N–H and O–H groups in total. The van der Waals surface area contributed by atoms with Gasteiger partial charge in [0.25, 0.3) is 5.91 Å². The molecule has 1 aromatic heterocycles. The molecule has 128 valence electrons. The molecule has 1 atom stereocenters. The number of aryl methyl sites for hydroxylation is 2. The fraction of sp³-hybridized carbons (Fsp3) is 0.222. The molecule has 0 spiro atoms. The van der Waals surface area contributed by atoms with Crippen molar-refractivity contribution in [2.75, 3.05) is 11.9 Å². The van der Waals surface area contributed by atoms with Gasteiger partial charge in [0.2, 0.25) is 6.10 Å². The molecular formula is C18H17N3O4. The number of nitrogens with zero attached hydrogens (tertiary/aromatic N) is 2. The van der Waals surface area contributed by atoms with Gasteiger partial charge in [-0.05, 0) is 30.3 Å². The van der Waals surface area contributed by atoms with Crippen molar-refractivity contribution in [2.45, 2.75) is 6.10 Å². The van der Waals surface area contributed by atoms with Gasteiger partial charge in [-0.2, -0.15) is 0 Å². The molecule has 4 rings (SSSR count). The highest BCUT2D eigenvalue weighted by atomic mass is 16.6. The molecule has 1 aliphatic heterocycles. The fourth-order valence-corrected chi connectivity index (χ4v) is 2.96. The van der Waals surface area contributed by atoms with Crippen LogP contribution < -0.4 is 20.5 Å². The molecule has 0 unspecified atom stereocenters. The van der Waals surface area contributed by atoms with Crippen molar-refractivity contribution in [3.05, 3.63) is 52.9 Å². The number of rotatable bonds is 2. The Balaban J connectivity index is 1.56. The largest absolute Gasteiger partial charge is 0.485 e. The minimum atomic E-state index is -0.731. The van der Waals surface area contributed by atoms with Crippen molar-refractivity contribution in [3.63, 3.8) is 0 Å². The van der Waals surface area contributed by atoms with Crippen LogP contribution in [0.4, 0.5) is 5.69 Å². The molecule has 1 aliphatic rings. The van der Waals surface area contributed by atoms with Gasteiger partial charge in [0, 0.05) is 19.8 Å². The Bertz CT molecular complexity index is 1030. The minimum absolute atomic E-state index is 0.112. The zero-order valence-corrected chi connectivity index (χ0v) is 13.9. The van der Waals surface area contributed by atoms with E-state index < -0.39 is 6.10 Å². The summed E-state index contributed by atoms with van der Waals surface area (Å²) < 4.78 is 14.4. The molecule has 25 heavy (non-hydrogen) atoms. The lowest BCUT2D eigenvalue weighted by atomic mass is 10.2. The second-order valence-corrected chi connectivity index (χ2v) is 5.96. The van der Waals surface area contributed by atoms with E-state index in [4.69, 9.17) is 9.47 Å². The predicted octanol–water partition coefficient (Wildman–Crippen LogP) is 1.66. The van der Waals surface area contributed by atoms with Gasteiger partial charge in [-0.1, -0.05) is 12.1 Å². The molecule has 0 aliphatic carbocycles. The third kappa shape index (κ3) is 2.53. The molecule has 0 fully saturated rings. The summed E-state index contributed by atoms with van der Waals surface area (Å²) in [5.74, 6) is 0.886. The maximum Gasteiger partial charge on any atom is 0.328 e. The van der Waals surface area contributed by atoms with Crippen LogP contribution in [-0.4, -0.2) is 27.8 Å². The van der Waals surface area contributed by atoms with Crippen LogP contribution in [0.1, 0.15) is 0 Å². The number of ether oxygens (including phenoxy) is 2. The van der Waals surface area contributed by atoms with Gasteiger partial charge in [-0.15, -0.1) is 0 Å². The van der Waals surface area contributed by atoms with Crippen molar-refractivity contribution in [3.8, 4) is 11.5 Å². The maximum atomic E-state index is 12.5. The predicted molar refractivity (Wildman–Crippen MR) is 93.1 cm³/mol. The normalized spacial score (nSPS) is 16.0. The Morgan fingerprint density at radius 1 is 1.08 bits per heavy atom. The van der Waals surface area contributed by atoms with Crippen LogP contribution in [0.15, 0.2) is 47.3 Å². The number of aromatic nitrogens is 2. The number of carbonyl (C=O) groups is 1. The summed E-state index contributed by atoms with van der Waals surface area (Å²) >= 11 is 0. The molecular weight excluding hydrogens is 322 g/mol. The molecule has 7 nitrogen and oxygen atoms in total. The van der Waals surface area contributed by atoms with Crippen LogP contribution in [0, 0.1) is 0 Å². The van der Waals surface area contributed by atoms with Crippen LogP contribution in [-0.2, 0) is 18.9 Å². The second-order valence-electron chi connectivity index (χ2n) is 5.96. The smallest absolute Gasteiger partial charge is 0.328 e. The quantitative estimate of drug-likeness (QED) is 0.770. The highest BCUT2D eigenvalue weighted by Gasteiger charge is 2.27. The maximum absolute atomic E-state index is 12.5. The molecule has 2 aromatic carbocycles. The number of fused-ring (bicyclic) bond motifs is 2. The minimum Gasteiger partial charge on any atom is -0.485 e. The van der Waals surface area contributed by atoms with E-state index in [9.17, 15) is 9.59 Å². The number of hydrogen-bond acceptors (Lipinski definition) is 4. The summed E-state index contributed by atoms with van der Waals surface area (Å²) in [5.41, 5.74) is 2.04. The highest BCUT2D eigenvalue weighted by Crippen LogP contribution is 2.31. The highest BCUT2D eigenvalue weighted by molar-refractivity contribution is 5.96. The monoisotopic (exact) mass is 339 g/mol. The summed E-state index contributed by atoms with van der Waals surface area (Å²) in [6, 6.07) is 12.6. The number of anilines is 1. The summed E-state index contributed by atoms with van der Waals surface area (Å²) in [7, 11) is 3.42. The van der Waals surface area contributed by atoms with E-state index in [1.54, 1.807) is 53.6 Å². The van der Waals surface area contributed by atoms with Crippen LogP contribution in [0.5, 0.6) is 11.5 Å². The zero-order valence-electron chi connectivity index (χ0n) is 13.9. The number of imidazole rings is 1. The summed E-state index contributed by atoms with van der Waals surface area (Å²) in [5, 5.41) is 2.82. The average molecular weight is 339 g/mol. The number of hydrogen-bond donors (Lipinski definition) is 1. The van der Waals surface area contributed by atoms with Crippen molar-refractivity contribution in [2.24, 2.45) is 14.1 Å². The van der Waals surface area contributed by atoms with E-state index >= 15 is 0 Å². The van der Waals surface area contributed by atoms with Crippen molar-refractivity contribution >= 4 is 22.6 Å². The van der Waals surface area contributed by atoms with E-state index in [1.165, 1.54) is 0 Å². The SMILES string of the molecule is Cn1c(=O)n(C)c2cc(NC(=O)[C@H]3COc4ccccc4O3)ccc21. The lowest BCUT2D eigenvalue weighted by Crippen LogP contribution is -2.40. The topological polar surface area (TPSA) is 74.5 Å². The molecule has 0 saturated carbocycles. The molecule has 7 heteroatoms. The lowest BCUT2D eigenvalue weighted by molar-refractivity contribution is -0.125. The molecule has 3 aromatic rings. The molecule has 0 bridgehead atoms. The number of amides is 1. The number of benzene rings is 2. The van der Waals surface area contributed by atoms with Crippen molar-refractivity contribution in [1.29, 1.82) is 0 Å². The summed E-state index contributed by atoms with van der Waals surface area (Å²) in [6.07, 6.45) is -0.731. The Labute approximate surface area is 143 Å². The Hall–Kier alpha value is -3.22. The van der Waals surface area contributed by atoms with Gasteiger partial charge in [0.15, 0.2) is 11.5 Å². The van der Waals surface area contributed by atoms with Gasteiger partial charge in [-0.3, -0.25) is 13.9 Å². The van der Waals surface area contributed by atoms with Crippen LogP contribution in [0.25, 0.3) is 11.0 Å². The van der Waals surface area contributed by atoms with Crippen LogP contribution in [0.2, 0.25) is 0 Å². The molecule has 1 amide bonds. The molecule has 0 saturated heterocycles. The van der Waals surface area contributed by atoms with E-state index in [1.807, 2.05) is 12.1 Å². The lowest BCUT2D eigenvalue weighted by Gasteiger charge is -2.25. The first kappa shape index (κ1) is 15.3.